The van der Waals surface area contributed by atoms with Crippen molar-refractivity contribution in [2.24, 2.45) is 0 Å². The molecule has 2 heterocycles. The van der Waals surface area contributed by atoms with Crippen LogP contribution in [0.2, 0.25) is 0 Å². The van der Waals surface area contributed by atoms with Gasteiger partial charge in [-0.1, -0.05) is 11.8 Å². The van der Waals surface area contributed by atoms with Crippen molar-refractivity contribution in [3.63, 3.8) is 0 Å². The Bertz CT molecular complexity index is 856. The number of thioether (sulfide) groups is 1. The number of amides is 2. The summed E-state index contributed by atoms with van der Waals surface area (Å²) in [7, 11) is 0. The first-order valence-corrected chi connectivity index (χ1v) is 10.1. The van der Waals surface area contributed by atoms with Gasteiger partial charge in [0.05, 0.1) is 13.0 Å². The number of aromatic nitrogens is 4. The van der Waals surface area contributed by atoms with Crippen molar-refractivity contribution < 1.29 is 9.59 Å². The summed E-state index contributed by atoms with van der Waals surface area (Å²) < 4.78 is 1.67. The lowest BCUT2D eigenvalue weighted by Crippen LogP contribution is -2.47. The molecule has 0 aliphatic carbocycles. The van der Waals surface area contributed by atoms with Gasteiger partial charge in [0.1, 0.15) is 0 Å². The molecule has 2 aromatic rings. The van der Waals surface area contributed by atoms with Crippen molar-refractivity contribution in [3.8, 4) is 0 Å². The molecule has 8 nitrogen and oxygen atoms in total. The fourth-order valence-corrected chi connectivity index (χ4v) is 3.14. The van der Waals surface area contributed by atoms with Crippen LogP contribution in [0, 0.1) is 13.8 Å². The summed E-state index contributed by atoms with van der Waals surface area (Å²) in [6.45, 7) is 11.9. The van der Waals surface area contributed by atoms with Crippen LogP contribution in [0.3, 0.4) is 0 Å². The second kappa shape index (κ2) is 8.24. The van der Waals surface area contributed by atoms with Crippen molar-refractivity contribution in [3.05, 3.63) is 17.0 Å². The molecule has 9 heteroatoms. The number of nitrogens with one attached hydrogen (secondary N) is 1. The molecule has 2 amide bonds. The molecular weight excluding hydrogens is 364 g/mol. The van der Waals surface area contributed by atoms with E-state index >= 15 is 0 Å². The lowest BCUT2D eigenvalue weighted by Gasteiger charge is -2.25. The van der Waals surface area contributed by atoms with E-state index in [1.807, 2.05) is 47.8 Å². The highest BCUT2D eigenvalue weighted by Crippen LogP contribution is 2.18. The number of hydrogen-bond acceptors (Lipinski definition) is 6. The van der Waals surface area contributed by atoms with E-state index in [2.05, 4.69) is 20.4 Å². The summed E-state index contributed by atoms with van der Waals surface area (Å²) in [6.07, 6.45) is 2.08. The molecular formula is C18H28N6O2S. The van der Waals surface area contributed by atoms with Gasteiger partial charge in [-0.15, -0.1) is 5.10 Å². The van der Waals surface area contributed by atoms with Crippen LogP contribution in [0.4, 0.5) is 0 Å². The number of likely N-dealkylation sites (N-methyl/N-ethyl adjacent to an activating group) is 1. The third-order valence-corrected chi connectivity index (χ3v) is 4.66. The number of carbonyl (C=O) groups excluding carboxylic acids is 2. The van der Waals surface area contributed by atoms with Gasteiger partial charge in [-0.2, -0.15) is 4.98 Å². The Morgan fingerprint density at radius 3 is 2.44 bits per heavy atom. The van der Waals surface area contributed by atoms with E-state index in [9.17, 15) is 9.59 Å². The largest absolute Gasteiger partial charge is 0.350 e. The number of fused-ring (bicyclic) bond motifs is 1. The zero-order valence-electron chi connectivity index (χ0n) is 17.1. The van der Waals surface area contributed by atoms with Crippen molar-refractivity contribution in [1.29, 1.82) is 0 Å². The quantitative estimate of drug-likeness (QED) is 0.753. The zero-order valence-corrected chi connectivity index (χ0v) is 17.9. The maximum Gasteiger partial charge on any atom is 0.253 e. The van der Waals surface area contributed by atoms with Crippen LogP contribution in [0.1, 0.15) is 44.6 Å². The fourth-order valence-electron chi connectivity index (χ4n) is 2.80. The highest BCUT2D eigenvalue weighted by atomic mass is 32.2. The van der Waals surface area contributed by atoms with E-state index in [0.717, 1.165) is 17.0 Å². The number of hydrogen-bond donors (Lipinski definition) is 1. The fraction of sp³-hybridized carbons (Fsp3) is 0.611. The lowest BCUT2D eigenvalue weighted by molar-refractivity contribution is -0.135. The second-order valence-electron chi connectivity index (χ2n) is 7.45. The first kappa shape index (κ1) is 21.1. The molecule has 0 fully saturated rings. The molecule has 0 atom stereocenters. The monoisotopic (exact) mass is 392 g/mol. The minimum Gasteiger partial charge on any atom is -0.350 e. The Kier molecular flexibility index (Phi) is 6.46. The number of carbonyl (C=O) groups is 2. The van der Waals surface area contributed by atoms with Gasteiger partial charge in [0.25, 0.3) is 5.78 Å². The Morgan fingerprint density at radius 1 is 1.22 bits per heavy atom. The molecule has 0 aliphatic rings. The Morgan fingerprint density at radius 2 is 1.89 bits per heavy atom. The van der Waals surface area contributed by atoms with Gasteiger partial charge in [0, 0.05) is 29.0 Å². The topological polar surface area (TPSA) is 92.5 Å². The first-order valence-electron chi connectivity index (χ1n) is 8.91. The third-order valence-electron chi connectivity index (χ3n) is 4.12. The molecule has 0 unspecified atom stereocenters. The van der Waals surface area contributed by atoms with Gasteiger partial charge in [0.2, 0.25) is 17.0 Å². The van der Waals surface area contributed by atoms with Crippen molar-refractivity contribution in [2.75, 3.05) is 19.3 Å². The van der Waals surface area contributed by atoms with E-state index in [-0.39, 0.29) is 30.3 Å². The molecule has 0 bridgehead atoms. The lowest BCUT2D eigenvalue weighted by atomic mass is 10.1. The third kappa shape index (κ3) is 5.18. The number of rotatable bonds is 6. The van der Waals surface area contributed by atoms with Gasteiger partial charge < -0.3 is 10.2 Å². The summed E-state index contributed by atoms with van der Waals surface area (Å²) in [4.78, 5) is 35.4. The average molecular weight is 393 g/mol. The molecule has 148 valence electrons. The SMILES string of the molecule is CCN(CC(=O)NC(C)(C)C)C(=O)Cc1c(C)nc2nc(SC)nn2c1C. The normalized spacial score (nSPS) is 11.7. The van der Waals surface area contributed by atoms with Crippen LogP contribution < -0.4 is 5.32 Å². The molecule has 1 N–H and O–H groups in total. The van der Waals surface area contributed by atoms with E-state index in [4.69, 9.17) is 0 Å². The number of aryl methyl sites for hydroxylation is 2. The predicted octanol–water partition coefficient (Wildman–Crippen LogP) is 1.77. The first-order chi connectivity index (χ1) is 12.6. The predicted molar refractivity (Wildman–Crippen MR) is 106 cm³/mol. The molecule has 0 aliphatic heterocycles. The Hall–Kier alpha value is -2.16. The molecule has 0 spiro atoms. The van der Waals surface area contributed by atoms with Crippen LogP contribution in [-0.4, -0.2) is 61.2 Å². The minimum atomic E-state index is -0.330. The molecule has 27 heavy (non-hydrogen) atoms. The van der Waals surface area contributed by atoms with E-state index in [1.165, 1.54) is 11.8 Å². The average Bonchev–Trinajstić information content (AvgIpc) is 2.97. The molecule has 2 rings (SSSR count). The molecule has 0 radical (unpaired) electrons. The van der Waals surface area contributed by atoms with Crippen LogP contribution in [0.25, 0.3) is 5.78 Å². The number of nitrogens with zero attached hydrogens (tertiary/aromatic N) is 5. The van der Waals surface area contributed by atoms with Gasteiger partial charge in [-0.25, -0.2) is 9.50 Å². The Balaban J connectivity index is 2.21. The maximum absolute atomic E-state index is 12.8. The van der Waals surface area contributed by atoms with Crippen molar-refractivity contribution in [1.82, 2.24) is 29.8 Å². The standard InChI is InChI=1S/C18H28N6O2S/c1-8-23(10-14(25)21-18(4,5)6)15(26)9-13-11(2)19-16-20-17(27-7)22-24(16)12(13)3/h8-10H2,1-7H3,(H,21,25). The van der Waals surface area contributed by atoms with Crippen LogP contribution in [-0.2, 0) is 16.0 Å². The highest BCUT2D eigenvalue weighted by molar-refractivity contribution is 7.98. The van der Waals surface area contributed by atoms with E-state index in [1.54, 1.807) is 9.42 Å². The van der Waals surface area contributed by atoms with Crippen LogP contribution in [0.5, 0.6) is 0 Å². The van der Waals surface area contributed by atoms with E-state index < -0.39 is 0 Å². The summed E-state index contributed by atoms with van der Waals surface area (Å²) in [5.74, 6) is 0.252. The van der Waals surface area contributed by atoms with E-state index in [0.29, 0.717) is 17.5 Å². The van der Waals surface area contributed by atoms with Crippen molar-refractivity contribution >= 4 is 29.4 Å². The zero-order chi connectivity index (χ0) is 20.4. The van der Waals surface area contributed by atoms with Gasteiger partial charge in [-0.05, 0) is 47.8 Å². The summed E-state index contributed by atoms with van der Waals surface area (Å²) in [5, 5.41) is 7.94. The van der Waals surface area contributed by atoms with Crippen LogP contribution >= 0.6 is 11.8 Å². The van der Waals surface area contributed by atoms with Crippen LogP contribution in [0.15, 0.2) is 5.16 Å². The van der Waals surface area contributed by atoms with Gasteiger partial charge in [0.15, 0.2) is 0 Å². The second-order valence-corrected chi connectivity index (χ2v) is 8.23. The van der Waals surface area contributed by atoms with Gasteiger partial charge >= 0.3 is 0 Å². The summed E-state index contributed by atoms with van der Waals surface area (Å²) >= 11 is 1.45. The maximum atomic E-state index is 12.8. The van der Waals surface area contributed by atoms with Crippen molar-refractivity contribution in [2.45, 2.75) is 58.7 Å². The smallest absolute Gasteiger partial charge is 0.253 e. The summed E-state index contributed by atoms with van der Waals surface area (Å²) in [5.41, 5.74) is 2.08. The molecule has 0 saturated carbocycles. The highest BCUT2D eigenvalue weighted by Gasteiger charge is 2.22. The molecule has 2 aromatic heterocycles. The Labute approximate surface area is 164 Å². The van der Waals surface area contributed by atoms with Gasteiger partial charge in [-0.3, -0.25) is 9.59 Å². The molecule has 0 saturated heterocycles. The minimum absolute atomic E-state index is 0.0420. The molecule has 0 aromatic carbocycles. The summed E-state index contributed by atoms with van der Waals surface area (Å²) in [6, 6.07) is 0.